The molecule has 0 aliphatic carbocycles. The molecule has 0 fully saturated rings. The zero-order valence-electron chi connectivity index (χ0n) is 29.3. The van der Waals surface area contributed by atoms with Gasteiger partial charge in [0.15, 0.2) is 0 Å². The Hall–Kier alpha value is -6.42. The van der Waals surface area contributed by atoms with Crippen LogP contribution in [0.15, 0.2) is 133 Å². The van der Waals surface area contributed by atoms with Crippen LogP contribution in [0.3, 0.4) is 0 Å². The van der Waals surface area contributed by atoms with Crippen molar-refractivity contribution in [3.05, 3.63) is 156 Å². The van der Waals surface area contributed by atoms with Gasteiger partial charge in [-0.25, -0.2) is 18.4 Å². The zero-order chi connectivity index (χ0) is 38.8. The normalized spacial score (nSPS) is 10.8. The standard InChI is InChI=1S/2C22H18F2O3/c1-14-2-4-15(5-3-14)16-6-8-17(9-7-16)20-12-18(27-13-21(23)24)10-11-19(20)22(25)26;1-2-14-3-5-15(6-4-14)16-7-9-17(10-8-16)20-13-18(27-22(23)24)11-12-19(20)21(25)26/h2-12,21H,13H2,1H3,(H,25,26);3-13,22H,2H2,1H3,(H,25,26). The second kappa shape index (κ2) is 17.9. The SMILES string of the molecule is CCc1ccc(-c2ccc(-c3cc(OC(F)F)ccc3C(=O)O)cc2)cc1.Cc1ccc(-c2ccc(-c3cc(OCC(F)F)ccc3C(=O)O)cc2)cc1. The van der Waals surface area contributed by atoms with Crippen molar-refractivity contribution in [2.24, 2.45) is 0 Å². The fraction of sp³-hybridized carbons (Fsp3) is 0.136. The summed E-state index contributed by atoms with van der Waals surface area (Å²) in [6.07, 6.45) is -1.63. The lowest BCUT2D eigenvalue weighted by atomic mass is 9.96. The van der Waals surface area contributed by atoms with Gasteiger partial charge in [-0.2, -0.15) is 8.78 Å². The van der Waals surface area contributed by atoms with Gasteiger partial charge >= 0.3 is 18.6 Å². The van der Waals surface area contributed by atoms with Crippen LogP contribution in [0.5, 0.6) is 11.5 Å². The Morgan fingerprint density at radius 3 is 1.35 bits per heavy atom. The van der Waals surface area contributed by atoms with E-state index in [0.717, 1.165) is 28.7 Å². The predicted molar refractivity (Wildman–Crippen MR) is 201 cm³/mol. The molecule has 0 aromatic heterocycles. The Morgan fingerprint density at radius 1 is 0.556 bits per heavy atom. The summed E-state index contributed by atoms with van der Waals surface area (Å²) in [5.41, 5.74) is 8.65. The molecular formula is C44H36F4O6. The second-order valence-electron chi connectivity index (χ2n) is 12.2. The molecule has 276 valence electrons. The Morgan fingerprint density at radius 2 is 0.944 bits per heavy atom. The van der Waals surface area contributed by atoms with E-state index in [-0.39, 0.29) is 22.6 Å². The van der Waals surface area contributed by atoms with Crippen molar-refractivity contribution in [2.75, 3.05) is 6.61 Å². The van der Waals surface area contributed by atoms with Crippen molar-refractivity contribution < 1.29 is 46.8 Å². The third-order valence-corrected chi connectivity index (χ3v) is 8.52. The van der Waals surface area contributed by atoms with Gasteiger partial charge in [0.1, 0.15) is 18.1 Å². The molecule has 0 saturated heterocycles. The number of carbonyl (C=O) groups is 2. The van der Waals surface area contributed by atoms with Gasteiger partial charge in [0.2, 0.25) is 0 Å². The number of alkyl halides is 4. The Kier molecular flexibility index (Phi) is 12.8. The third-order valence-electron chi connectivity index (χ3n) is 8.52. The van der Waals surface area contributed by atoms with E-state index in [0.29, 0.717) is 22.3 Å². The lowest BCUT2D eigenvalue weighted by Crippen LogP contribution is -2.07. The molecule has 6 aromatic carbocycles. The van der Waals surface area contributed by atoms with Gasteiger partial charge in [-0.3, -0.25) is 0 Å². The number of carboxylic acid groups (broad SMARTS) is 2. The molecule has 0 spiro atoms. The summed E-state index contributed by atoms with van der Waals surface area (Å²) in [4.78, 5) is 23.0. The van der Waals surface area contributed by atoms with E-state index in [4.69, 9.17) is 4.74 Å². The number of carboxylic acids is 2. The number of hydrogen-bond donors (Lipinski definition) is 2. The van der Waals surface area contributed by atoms with Crippen LogP contribution in [-0.2, 0) is 6.42 Å². The van der Waals surface area contributed by atoms with E-state index in [9.17, 15) is 37.4 Å². The van der Waals surface area contributed by atoms with Crippen molar-refractivity contribution in [3.8, 4) is 56.0 Å². The topological polar surface area (TPSA) is 93.1 Å². The van der Waals surface area contributed by atoms with E-state index < -0.39 is 31.6 Å². The lowest BCUT2D eigenvalue weighted by molar-refractivity contribution is -0.0498. The molecule has 0 saturated carbocycles. The molecule has 0 aliphatic rings. The fourth-order valence-corrected chi connectivity index (χ4v) is 5.69. The predicted octanol–water partition coefficient (Wildman–Crippen LogP) is 11.6. The molecule has 0 bridgehead atoms. The number of benzene rings is 6. The Bertz CT molecular complexity index is 2180. The fourth-order valence-electron chi connectivity index (χ4n) is 5.69. The molecule has 54 heavy (non-hydrogen) atoms. The van der Waals surface area contributed by atoms with Crippen LogP contribution in [-0.4, -0.2) is 41.8 Å². The quantitative estimate of drug-likeness (QED) is 0.122. The monoisotopic (exact) mass is 736 g/mol. The van der Waals surface area contributed by atoms with Gasteiger partial charge in [0.05, 0.1) is 11.1 Å². The summed E-state index contributed by atoms with van der Waals surface area (Å²) < 4.78 is 59.1. The van der Waals surface area contributed by atoms with Gasteiger partial charge in [-0.05, 0) is 99.8 Å². The van der Waals surface area contributed by atoms with Crippen LogP contribution >= 0.6 is 0 Å². The Labute approximate surface area is 309 Å². The number of aromatic carboxylic acids is 2. The largest absolute Gasteiger partial charge is 0.488 e. The lowest BCUT2D eigenvalue weighted by Gasteiger charge is -2.11. The molecule has 0 amide bonds. The smallest absolute Gasteiger partial charge is 0.387 e. The van der Waals surface area contributed by atoms with Crippen LogP contribution in [0.25, 0.3) is 44.5 Å². The highest BCUT2D eigenvalue weighted by molar-refractivity contribution is 5.97. The minimum atomic E-state index is -2.97. The van der Waals surface area contributed by atoms with E-state index >= 15 is 0 Å². The zero-order valence-corrected chi connectivity index (χ0v) is 29.3. The minimum Gasteiger partial charge on any atom is -0.488 e. The molecule has 0 radical (unpaired) electrons. The maximum Gasteiger partial charge on any atom is 0.387 e. The van der Waals surface area contributed by atoms with Gasteiger partial charge in [-0.1, -0.05) is 110 Å². The molecule has 6 rings (SSSR count). The van der Waals surface area contributed by atoms with Crippen LogP contribution in [0.2, 0.25) is 0 Å². The van der Waals surface area contributed by atoms with Crippen molar-refractivity contribution in [2.45, 2.75) is 33.3 Å². The number of aryl methyl sites for hydroxylation is 2. The molecule has 6 aromatic rings. The van der Waals surface area contributed by atoms with Crippen LogP contribution < -0.4 is 9.47 Å². The molecule has 6 nitrogen and oxygen atoms in total. The summed E-state index contributed by atoms with van der Waals surface area (Å²) in [5, 5.41) is 18.8. The third kappa shape index (κ3) is 10.1. The summed E-state index contributed by atoms with van der Waals surface area (Å²) in [6.45, 7) is 0.402. The minimum absolute atomic E-state index is 0.0247. The van der Waals surface area contributed by atoms with Crippen LogP contribution in [0.4, 0.5) is 17.6 Å². The molecular weight excluding hydrogens is 700 g/mol. The first-order chi connectivity index (χ1) is 25.9. The molecule has 10 heteroatoms. The molecule has 0 unspecified atom stereocenters. The first kappa shape index (κ1) is 38.8. The maximum atomic E-state index is 12.5. The second-order valence-corrected chi connectivity index (χ2v) is 12.2. The Balaban J connectivity index is 0.000000208. The van der Waals surface area contributed by atoms with Crippen LogP contribution in [0, 0.1) is 6.92 Å². The number of hydrogen-bond acceptors (Lipinski definition) is 4. The highest BCUT2D eigenvalue weighted by Crippen LogP contribution is 2.33. The molecule has 0 atom stereocenters. The number of rotatable bonds is 12. The van der Waals surface area contributed by atoms with Gasteiger partial charge < -0.3 is 19.7 Å². The van der Waals surface area contributed by atoms with Gasteiger partial charge in [0, 0.05) is 0 Å². The van der Waals surface area contributed by atoms with Crippen molar-refractivity contribution in [3.63, 3.8) is 0 Å². The van der Waals surface area contributed by atoms with E-state index in [1.807, 2.05) is 79.7 Å². The van der Waals surface area contributed by atoms with E-state index in [1.165, 1.54) is 47.5 Å². The van der Waals surface area contributed by atoms with Gasteiger partial charge in [0.25, 0.3) is 6.43 Å². The maximum absolute atomic E-state index is 12.5. The summed E-state index contributed by atoms with van der Waals surface area (Å²) in [6, 6.07) is 39.1. The summed E-state index contributed by atoms with van der Waals surface area (Å²) in [5.74, 6) is -2.09. The number of halogens is 4. The highest BCUT2D eigenvalue weighted by atomic mass is 19.3. The first-order valence-electron chi connectivity index (χ1n) is 16.9. The van der Waals surface area contributed by atoms with Crippen molar-refractivity contribution >= 4 is 11.9 Å². The number of ether oxygens (including phenoxy) is 2. The van der Waals surface area contributed by atoms with E-state index in [1.54, 1.807) is 12.1 Å². The van der Waals surface area contributed by atoms with Gasteiger partial charge in [-0.15, -0.1) is 0 Å². The van der Waals surface area contributed by atoms with Crippen molar-refractivity contribution in [1.29, 1.82) is 0 Å². The van der Waals surface area contributed by atoms with Crippen LogP contribution in [0.1, 0.15) is 38.8 Å². The molecule has 2 N–H and O–H groups in total. The first-order valence-corrected chi connectivity index (χ1v) is 16.9. The summed E-state index contributed by atoms with van der Waals surface area (Å²) in [7, 11) is 0. The highest BCUT2D eigenvalue weighted by Gasteiger charge is 2.16. The molecule has 0 heterocycles. The summed E-state index contributed by atoms with van der Waals surface area (Å²) >= 11 is 0. The average Bonchev–Trinajstić information content (AvgIpc) is 3.17. The van der Waals surface area contributed by atoms with E-state index in [2.05, 4.69) is 23.8 Å². The van der Waals surface area contributed by atoms with Crippen molar-refractivity contribution in [1.82, 2.24) is 0 Å². The average molecular weight is 737 g/mol. The molecule has 0 aliphatic heterocycles.